The second kappa shape index (κ2) is 14.7. The maximum atomic E-state index is 14.3. The Kier molecular flexibility index (Phi) is 11.1. The van der Waals surface area contributed by atoms with Crippen molar-refractivity contribution in [1.82, 2.24) is 19.7 Å². The Bertz CT molecular complexity index is 1070. The van der Waals surface area contributed by atoms with Gasteiger partial charge < -0.3 is 19.4 Å². The lowest BCUT2D eigenvalue weighted by atomic mass is 10.0. The molecule has 2 heterocycles. The van der Waals surface area contributed by atoms with Crippen LogP contribution in [0, 0.1) is 5.21 Å². The van der Waals surface area contributed by atoms with Crippen molar-refractivity contribution in [3.63, 3.8) is 0 Å². The highest BCUT2D eigenvalue weighted by Crippen LogP contribution is 2.39. The average molecular weight is 559 g/mol. The predicted octanol–water partition coefficient (Wildman–Crippen LogP) is 6.15. The quantitative estimate of drug-likeness (QED) is 0.0721. The van der Waals surface area contributed by atoms with E-state index in [9.17, 15) is 10.0 Å². The summed E-state index contributed by atoms with van der Waals surface area (Å²) in [5.41, 5.74) is 0. The molecule has 2 fully saturated rings. The van der Waals surface area contributed by atoms with Gasteiger partial charge in [-0.25, -0.2) is 9.69 Å². The molecule has 1 saturated heterocycles. The van der Waals surface area contributed by atoms with Crippen LogP contribution in [-0.4, -0.2) is 60.3 Å². The summed E-state index contributed by atoms with van der Waals surface area (Å²) >= 11 is 1.39. The Labute approximate surface area is 235 Å². The third-order valence-corrected chi connectivity index (χ3v) is 8.45. The fourth-order valence-corrected chi connectivity index (χ4v) is 6.24. The molecule has 9 nitrogen and oxygen atoms in total. The summed E-state index contributed by atoms with van der Waals surface area (Å²) in [6, 6.07) is 7.24. The van der Waals surface area contributed by atoms with Crippen LogP contribution >= 0.6 is 11.3 Å². The molecular formula is C29H42N4O5S. The van der Waals surface area contributed by atoms with Crippen LogP contribution < -0.4 is 14.1 Å². The zero-order valence-electron chi connectivity index (χ0n) is 23.3. The minimum Gasteiger partial charge on any atom is -0.622 e. The first kappa shape index (κ1) is 29.5. The molecule has 1 aromatic heterocycles. The minimum absolute atomic E-state index is 0.182. The van der Waals surface area contributed by atoms with Crippen molar-refractivity contribution in [1.29, 1.82) is 0 Å². The van der Waals surface area contributed by atoms with Gasteiger partial charge in [0.2, 0.25) is 0 Å². The molecule has 0 bridgehead atoms. The van der Waals surface area contributed by atoms with Crippen molar-refractivity contribution in [2.75, 3.05) is 33.0 Å². The van der Waals surface area contributed by atoms with Gasteiger partial charge in [-0.3, -0.25) is 4.65 Å². The second-order valence-corrected chi connectivity index (χ2v) is 11.4. The van der Waals surface area contributed by atoms with Gasteiger partial charge in [0.1, 0.15) is 11.7 Å². The molecule has 1 aliphatic heterocycles. The van der Waals surface area contributed by atoms with E-state index in [1.165, 1.54) is 37.0 Å². The molecule has 10 heteroatoms. The number of ether oxygens (including phenoxy) is 3. The number of rotatable bonds is 13. The average Bonchev–Trinajstić information content (AvgIpc) is 3.45. The summed E-state index contributed by atoms with van der Waals surface area (Å²) in [6.07, 6.45) is 13.0. The van der Waals surface area contributed by atoms with Gasteiger partial charge in [0.25, 0.3) is 6.23 Å². The first-order valence-electron chi connectivity index (χ1n) is 14.3. The molecule has 1 saturated carbocycles. The Morgan fingerprint density at radius 2 is 1.90 bits per heavy atom. The summed E-state index contributed by atoms with van der Waals surface area (Å²) in [6.45, 7) is 5.54. The van der Waals surface area contributed by atoms with Gasteiger partial charge in [-0.2, -0.15) is 0 Å². The number of allylic oxidation sites excluding steroid dienone is 2. The van der Waals surface area contributed by atoms with Crippen molar-refractivity contribution in [3.05, 3.63) is 46.6 Å². The topological polar surface area (TPSA) is 96.8 Å². The summed E-state index contributed by atoms with van der Waals surface area (Å²) in [5.74, 6) is 0.816. The van der Waals surface area contributed by atoms with Gasteiger partial charge in [0, 0.05) is 12.5 Å². The number of carbonyl (C=O) groups excluding carboxylic acids is 1. The van der Waals surface area contributed by atoms with Gasteiger partial charge in [-0.1, -0.05) is 62.0 Å². The van der Waals surface area contributed by atoms with Crippen molar-refractivity contribution in [2.24, 2.45) is 0 Å². The summed E-state index contributed by atoms with van der Waals surface area (Å²) in [4.78, 5) is 15.0. The zero-order valence-corrected chi connectivity index (χ0v) is 24.1. The summed E-state index contributed by atoms with van der Waals surface area (Å²) < 4.78 is 16.4. The van der Waals surface area contributed by atoms with E-state index in [4.69, 9.17) is 14.2 Å². The maximum absolute atomic E-state index is 14.3. The Morgan fingerprint density at radius 3 is 2.62 bits per heavy atom. The first-order valence-corrected chi connectivity index (χ1v) is 15.2. The fraction of sp³-hybridized carbons (Fsp3) is 0.621. The molecule has 2 atom stereocenters. The van der Waals surface area contributed by atoms with Gasteiger partial charge in [0.05, 0.1) is 13.2 Å². The van der Waals surface area contributed by atoms with E-state index >= 15 is 0 Å². The smallest absolute Gasteiger partial charge is 0.348 e. The number of quaternary nitrogens is 1. The molecule has 214 valence electrons. The molecule has 0 N–H and O–H groups in total. The SMILES string of the molecule is CC=CCCCN1CC(OC(=O)COc2ccccc2OCCC)[N+]([O-])(c2nnc(C3CCCCCC3)s2)C1. The van der Waals surface area contributed by atoms with Gasteiger partial charge in [-0.15, -0.1) is 5.10 Å². The number of benzene rings is 1. The highest BCUT2D eigenvalue weighted by Gasteiger charge is 2.46. The van der Waals surface area contributed by atoms with Gasteiger partial charge >= 0.3 is 11.1 Å². The van der Waals surface area contributed by atoms with Crippen LogP contribution in [0.15, 0.2) is 36.4 Å². The highest BCUT2D eigenvalue weighted by molar-refractivity contribution is 7.15. The normalized spacial score (nSPS) is 22.7. The van der Waals surface area contributed by atoms with Crippen LogP contribution in [0.4, 0.5) is 5.13 Å². The highest BCUT2D eigenvalue weighted by atomic mass is 32.1. The summed E-state index contributed by atoms with van der Waals surface area (Å²) in [7, 11) is 0. The number of nitrogens with zero attached hydrogens (tertiary/aromatic N) is 4. The van der Waals surface area contributed by atoms with E-state index in [0.717, 1.165) is 43.7 Å². The number of hydrogen-bond donors (Lipinski definition) is 0. The lowest BCUT2D eigenvalue weighted by Crippen LogP contribution is -2.51. The molecule has 0 amide bonds. The molecule has 2 unspecified atom stereocenters. The van der Waals surface area contributed by atoms with E-state index in [1.807, 2.05) is 32.1 Å². The van der Waals surface area contributed by atoms with Crippen molar-refractivity contribution < 1.29 is 19.0 Å². The number of carbonyl (C=O) groups is 1. The van der Waals surface area contributed by atoms with Crippen LogP contribution in [0.5, 0.6) is 11.5 Å². The van der Waals surface area contributed by atoms with Crippen LogP contribution in [0.25, 0.3) is 0 Å². The van der Waals surface area contributed by atoms with Crippen LogP contribution in [-0.2, 0) is 9.53 Å². The van der Waals surface area contributed by atoms with E-state index in [2.05, 4.69) is 21.2 Å². The molecule has 2 aliphatic rings. The van der Waals surface area contributed by atoms with Crippen LogP contribution in [0.1, 0.15) is 82.6 Å². The molecule has 2 aromatic rings. The number of para-hydroxylation sites is 2. The van der Waals surface area contributed by atoms with Crippen molar-refractivity contribution in [2.45, 2.75) is 83.8 Å². The first-order chi connectivity index (χ1) is 19.0. The van der Waals surface area contributed by atoms with E-state index < -0.39 is 16.8 Å². The molecule has 0 spiro atoms. The third-order valence-electron chi connectivity index (χ3n) is 7.25. The number of unbranched alkanes of at least 4 members (excludes halogenated alkanes) is 1. The number of hydrogen-bond acceptors (Lipinski definition) is 9. The largest absolute Gasteiger partial charge is 0.622 e. The standard InChI is InChI=1S/C29H42N4O5S/c1-3-5-6-13-18-32-20-26(38-27(34)21-37-25-17-12-11-16-24(25)36-19-4-2)33(35,22-32)29-31-30-28(39-29)23-14-9-7-8-10-15-23/h3,5,11-12,16-17,23,26H,4,6-10,13-15,18-22H2,1-2H3. The maximum Gasteiger partial charge on any atom is 0.348 e. The van der Waals surface area contributed by atoms with Gasteiger partial charge in [0.15, 0.2) is 18.1 Å². The second-order valence-electron chi connectivity index (χ2n) is 10.4. The molecule has 0 radical (unpaired) electrons. The molecule has 39 heavy (non-hydrogen) atoms. The van der Waals surface area contributed by atoms with Crippen molar-refractivity contribution in [3.8, 4) is 11.5 Å². The lowest BCUT2D eigenvalue weighted by Gasteiger charge is -2.38. The Morgan fingerprint density at radius 1 is 1.15 bits per heavy atom. The van der Waals surface area contributed by atoms with E-state index in [-0.39, 0.29) is 13.3 Å². The van der Waals surface area contributed by atoms with Crippen LogP contribution in [0.3, 0.4) is 0 Å². The van der Waals surface area contributed by atoms with Crippen LogP contribution in [0.2, 0.25) is 0 Å². The van der Waals surface area contributed by atoms with Crippen molar-refractivity contribution >= 4 is 22.4 Å². The fourth-order valence-electron chi connectivity index (χ4n) is 5.16. The van der Waals surface area contributed by atoms with Gasteiger partial charge in [-0.05, 0) is 62.5 Å². The molecular weight excluding hydrogens is 516 g/mol. The Hall–Kier alpha value is -2.53. The predicted molar refractivity (Wildman–Crippen MR) is 154 cm³/mol. The number of aromatic nitrogens is 2. The Balaban J connectivity index is 1.44. The minimum atomic E-state index is -0.927. The van der Waals surface area contributed by atoms with E-state index in [0.29, 0.717) is 35.7 Å². The summed E-state index contributed by atoms with van der Waals surface area (Å²) in [5, 5.41) is 24.4. The molecule has 1 aliphatic carbocycles. The monoisotopic (exact) mass is 558 g/mol. The molecule has 4 rings (SSSR count). The van der Waals surface area contributed by atoms with E-state index in [1.54, 1.807) is 12.1 Å². The lowest BCUT2D eigenvalue weighted by molar-refractivity contribution is -0.155. The third kappa shape index (κ3) is 8.00. The zero-order chi connectivity index (χ0) is 27.5. The number of esters is 1. The molecule has 1 aromatic carbocycles. The number of hydroxylamine groups is 2.